The van der Waals surface area contributed by atoms with Gasteiger partial charge in [0.1, 0.15) is 0 Å². The summed E-state index contributed by atoms with van der Waals surface area (Å²) in [5, 5.41) is 6.08. The SMILES string of the molecule is CCCCc1ccc(C(=O)C[C@@H](CNC(=O)c2cccnc2)C(=O)N[C@@H](CC(C)C)B2O[C@@H]3C[C@H]4C[C@H](C4(C)C)[C@]3(C)O2)cc1. The lowest BCUT2D eigenvalue weighted by molar-refractivity contribution is -0.199. The first-order chi connectivity index (χ1) is 21.4. The first kappa shape index (κ1) is 33.3. The van der Waals surface area contributed by atoms with E-state index < -0.39 is 13.0 Å². The molecule has 1 aliphatic heterocycles. The maximum Gasteiger partial charge on any atom is 0.481 e. The van der Waals surface area contributed by atoms with Crippen molar-refractivity contribution >= 4 is 24.7 Å². The van der Waals surface area contributed by atoms with E-state index in [1.54, 1.807) is 18.3 Å². The standard InChI is InChI=1S/C36H50BN3O5/c1-7-8-10-24-12-14-25(15-13-24)29(41)18-27(22-39-33(42)26-11-9-16-38-21-26)34(43)40-32(17-23(2)3)37-44-31-20-28-19-30(35(28,4)5)36(31,6)45-37/h9,11-16,21,23,27-28,30-32H,7-8,10,17-20,22H2,1-6H3,(H,39,42)(H,40,43)/t27-,28+,30+,31+,32-,36-/m0/s1. The molecule has 4 aliphatic rings. The van der Waals surface area contributed by atoms with Gasteiger partial charge in [0.05, 0.1) is 29.1 Å². The van der Waals surface area contributed by atoms with E-state index in [0.717, 1.165) is 32.1 Å². The minimum Gasteiger partial charge on any atom is -0.404 e. The number of carbonyl (C=O) groups is 3. The number of benzene rings is 1. The van der Waals surface area contributed by atoms with Gasteiger partial charge in [0.2, 0.25) is 5.91 Å². The van der Waals surface area contributed by atoms with Gasteiger partial charge < -0.3 is 19.9 Å². The second-order valence-electron chi connectivity index (χ2n) is 14.7. The Bertz CT molecular complexity index is 1350. The van der Waals surface area contributed by atoms with Gasteiger partial charge in [-0.25, -0.2) is 0 Å². The fourth-order valence-electron chi connectivity index (χ4n) is 7.77. The molecule has 242 valence electrons. The number of amides is 2. The quantitative estimate of drug-likeness (QED) is 0.204. The van der Waals surface area contributed by atoms with Crippen LogP contribution in [0.1, 0.15) is 106 Å². The van der Waals surface area contributed by atoms with Crippen molar-refractivity contribution in [2.75, 3.05) is 6.54 Å². The van der Waals surface area contributed by atoms with E-state index in [2.05, 4.69) is 57.2 Å². The van der Waals surface area contributed by atoms with Crippen LogP contribution in [0.15, 0.2) is 48.8 Å². The van der Waals surface area contributed by atoms with Crippen molar-refractivity contribution in [2.45, 2.75) is 104 Å². The normalized spacial score (nSPS) is 26.0. The molecule has 8 nitrogen and oxygen atoms in total. The third kappa shape index (κ3) is 7.20. The summed E-state index contributed by atoms with van der Waals surface area (Å²) < 4.78 is 13.3. The van der Waals surface area contributed by atoms with E-state index in [9.17, 15) is 14.4 Å². The number of carbonyl (C=O) groups excluding carboxylic acids is 3. The van der Waals surface area contributed by atoms with Gasteiger partial charge in [-0.15, -0.1) is 0 Å². The highest BCUT2D eigenvalue weighted by Gasteiger charge is 2.68. The van der Waals surface area contributed by atoms with Crippen LogP contribution < -0.4 is 10.6 Å². The summed E-state index contributed by atoms with van der Waals surface area (Å²) in [6.07, 6.45) is 9.00. The van der Waals surface area contributed by atoms with Gasteiger partial charge in [-0.2, -0.15) is 0 Å². The number of nitrogens with zero attached hydrogens (tertiary/aromatic N) is 1. The van der Waals surface area contributed by atoms with Gasteiger partial charge in [-0.05, 0) is 79.9 Å². The summed E-state index contributed by atoms with van der Waals surface area (Å²) in [7, 11) is -0.571. The molecule has 9 heteroatoms. The van der Waals surface area contributed by atoms with E-state index in [1.165, 1.54) is 11.8 Å². The van der Waals surface area contributed by atoms with Crippen molar-refractivity contribution in [1.29, 1.82) is 0 Å². The van der Waals surface area contributed by atoms with E-state index in [4.69, 9.17) is 9.31 Å². The van der Waals surface area contributed by atoms with Crippen molar-refractivity contribution < 1.29 is 23.7 Å². The molecule has 3 saturated carbocycles. The number of pyridine rings is 1. The highest BCUT2D eigenvalue weighted by atomic mass is 16.7. The summed E-state index contributed by atoms with van der Waals surface area (Å²) in [5.74, 6) is -0.619. The maximum absolute atomic E-state index is 14.0. The molecule has 2 bridgehead atoms. The zero-order valence-corrected chi connectivity index (χ0v) is 27.8. The molecule has 0 unspecified atom stereocenters. The lowest BCUT2D eigenvalue weighted by Crippen LogP contribution is -2.65. The Labute approximate surface area is 269 Å². The maximum atomic E-state index is 14.0. The van der Waals surface area contributed by atoms with Crippen LogP contribution in [0.25, 0.3) is 0 Å². The molecule has 1 aromatic carbocycles. The predicted octanol–water partition coefficient (Wildman–Crippen LogP) is 5.84. The number of hydrogen-bond donors (Lipinski definition) is 2. The van der Waals surface area contributed by atoms with Crippen LogP contribution in [-0.2, 0) is 20.5 Å². The summed E-state index contributed by atoms with van der Waals surface area (Å²) in [5.41, 5.74) is 1.97. The number of ketones is 1. The van der Waals surface area contributed by atoms with Crippen molar-refractivity contribution in [3.05, 3.63) is 65.5 Å². The van der Waals surface area contributed by atoms with Gasteiger partial charge in [0.15, 0.2) is 5.78 Å². The number of rotatable bonds is 14. The van der Waals surface area contributed by atoms with Crippen molar-refractivity contribution in [1.82, 2.24) is 15.6 Å². The molecule has 6 atom stereocenters. The first-order valence-corrected chi connectivity index (χ1v) is 16.9. The van der Waals surface area contributed by atoms with Crippen LogP contribution in [0.5, 0.6) is 0 Å². The number of unbranched alkanes of at least 4 members (excludes halogenated alkanes) is 1. The molecule has 2 amide bonds. The second-order valence-corrected chi connectivity index (χ2v) is 14.7. The van der Waals surface area contributed by atoms with E-state index in [-0.39, 0.29) is 59.5 Å². The Hall–Kier alpha value is -3.04. The largest absolute Gasteiger partial charge is 0.481 e. The van der Waals surface area contributed by atoms with Crippen LogP contribution in [0.4, 0.5) is 0 Å². The highest BCUT2D eigenvalue weighted by Crippen LogP contribution is 2.65. The number of hydrogen-bond acceptors (Lipinski definition) is 6. The fraction of sp³-hybridized carbons (Fsp3) is 0.611. The van der Waals surface area contributed by atoms with Gasteiger partial charge >= 0.3 is 7.12 Å². The highest BCUT2D eigenvalue weighted by molar-refractivity contribution is 6.47. The predicted molar refractivity (Wildman–Crippen MR) is 176 cm³/mol. The number of aryl methyl sites for hydroxylation is 1. The number of nitrogens with one attached hydrogen (secondary N) is 2. The Morgan fingerprint density at radius 1 is 1.07 bits per heavy atom. The molecule has 2 heterocycles. The van der Waals surface area contributed by atoms with E-state index >= 15 is 0 Å². The third-order valence-electron chi connectivity index (χ3n) is 10.7. The van der Waals surface area contributed by atoms with Crippen LogP contribution in [0.2, 0.25) is 0 Å². The molecule has 4 fully saturated rings. The average molecular weight is 616 g/mol. The molecular formula is C36H50BN3O5. The summed E-state index contributed by atoms with van der Waals surface area (Å²) in [6.45, 7) is 13.2. The van der Waals surface area contributed by atoms with Crippen LogP contribution in [0.3, 0.4) is 0 Å². The Kier molecular flexibility index (Phi) is 10.2. The molecule has 3 aliphatic carbocycles. The smallest absolute Gasteiger partial charge is 0.404 e. The molecule has 1 aromatic heterocycles. The van der Waals surface area contributed by atoms with Gasteiger partial charge in [0.25, 0.3) is 5.91 Å². The molecule has 6 rings (SSSR count). The third-order valence-corrected chi connectivity index (χ3v) is 10.7. The Morgan fingerprint density at radius 3 is 2.47 bits per heavy atom. The lowest BCUT2D eigenvalue weighted by Gasteiger charge is -2.64. The zero-order chi connectivity index (χ0) is 32.4. The summed E-state index contributed by atoms with van der Waals surface area (Å²) >= 11 is 0. The molecule has 0 spiro atoms. The average Bonchev–Trinajstić information content (AvgIpc) is 3.39. The molecule has 2 aromatic rings. The number of aromatic nitrogens is 1. The van der Waals surface area contributed by atoms with Gasteiger partial charge in [-0.3, -0.25) is 19.4 Å². The minimum absolute atomic E-state index is 0.00211. The van der Waals surface area contributed by atoms with Crippen molar-refractivity contribution in [3.63, 3.8) is 0 Å². The van der Waals surface area contributed by atoms with Crippen LogP contribution in [0, 0.1) is 29.1 Å². The monoisotopic (exact) mass is 615 g/mol. The number of Topliss-reactive ketones (excluding diaryl/α,β-unsaturated/α-hetero) is 1. The molecular weight excluding hydrogens is 565 g/mol. The molecule has 1 saturated heterocycles. The minimum atomic E-state index is -0.779. The lowest BCUT2D eigenvalue weighted by atomic mass is 9.43. The summed E-state index contributed by atoms with van der Waals surface area (Å²) in [4.78, 5) is 44.4. The van der Waals surface area contributed by atoms with E-state index in [0.29, 0.717) is 29.4 Å². The molecule has 0 radical (unpaired) electrons. The van der Waals surface area contributed by atoms with Gasteiger partial charge in [-0.1, -0.05) is 65.3 Å². The Morgan fingerprint density at radius 2 is 1.82 bits per heavy atom. The zero-order valence-electron chi connectivity index (χ0n) is 27.8. The first-order valence-electron chi connectivity index (χ1n) is 16.9. The van der Waals surface area contributed by atoms with Crippen molar-refractivity contribution in [3.8, 4) is 0 Å². The van der Waals surface area contributed by atoms with Crippen LogP contribution in [-0.4, -0.2) is 53.9 Å². The Balaban J connectivity index is 1.31. The van der Waals surface area contributed by atoms with Crippen LogP contribution >= 0.6 is 0 Å². The van der Waals surface area contributed by atoms with E-state index in [1.807, 2.05) is 24.3 Å². The topological polar surface area (TPSA) is 107 Å². The summed E-state index contributed by atoms with van der Waals surface area (Å²) in [6, 6.07) is 11.0. The molecule has 45 heavy (non-hydrogen) atoms. The second kappa shape index (κ2) is 13.8. The van der Waals surface area contributed by atoms with Crippen molar-refractivity contribution in [2.24, 2.45) is 29.1 Å². The fourth-order valence-corrected chi connectivity index (χ4v) is 7.77. The van der Waals surface area contributed by atoms with Gasteiger partial charge in [0, 0.05) is 30.9 Å². The molecule has 2 N–H and O–H groups in total.